The Labute approximate surface area is 739 Å². The number of aromatic amines is 2. The molecule has 16 amide bonds. The summed E-state index contributed by atoms with van der Waals surface area (Å²) >= 11 is 1.17. The first-order chi connectivity index (χ1) is 61.1. The Balaban J connectivity index is 1.41. The zero-order valence-corrected chi connectivity index (χ0v) is 71.0. The van der Waals surface area contributed by atoms with Crippen molar-refractivity contribution >= 4 is 152 Å². The molecule has 0 aliphatic heterocycles. The minimum atomic E-state index is -2.12. The maximum Gasteiger partial charge on any atom is 0.328 e. The fraction of sp³-hybridized carbons (Fsp3) is 0.468. The molecule has 0 aliphatic carbocycles. The standard InChI is InChI=1S/C79H110N22O27S/c1-37(104)64(77(126)99-57(36-103)76(125)101-65(38(2)105)78(127)128)100-71(120)50(20-23-62(111)112)92-70(119)51(24-26-129-3)94-74(123)54(29-41-33-87-46-12-7-5-10-44(41)46)97-72(121)52(27-39-14-16-42(106)17-15-39)95-67(116)47(13-8-25-85-79(83)84)91-75(124)55(30-63(113)114)90-61(110)34-88-66(115)56(35-102)98-69(118)49(19-22-59(82)108)93-73(122)53(28-40-32-86-45-11-6-4-9-43(40)45)96-68(117)48(18-21-58(81)107)89-60(109)31-80/h4-7,9-12,14-17,32-33,37-38,47-57,64-65,86-87,102-106H,8,13,18-31,34-36,80H2,1-3H3,(H2,81,107)(H2,82,108)(H,88,115)(H,89,109)(H,90,110)(H,91,124)(H,92,119)(H,93,122)(H,94,123)(H,95,116)(H,96,117)(H,97,121)(H,98,118)(H,99,126)(H,100,120)(H,101,125)(H,111,112)(H,113,114)(H,127,128)(H4,83,84,85)/t37-,38-,47+,48+,49+,50+,51+,52+,53+,54+,55+,56+,57+,64+,65+/m1/s1. The van der Waals surface area contributed by atoms with E-state index in [0.29, 0.717) is 32.9 Å². The third-order valence-corrected chi connectivity index (χ3v) is 20.3. The van der Waals surface area contributed by atoms with Crippen LogP contribution in [0.3, 0.4) is 0 Å². The number of aromatic nitrogens is 2. The third kappa shape index (κ3) is 35.3. The monoisotopic (exact) mass is 1830 g/mol. The summed E-state index contributed by atoms with van der Waals surface area (Å²) in [5.74, 6) is -24.2. The van der Waals surface area contributed by atoms with E-state index in [1.54, 1.807) is 54.8 Å². The highest BCUT2D eigenvalue weighted by molar-refractivity contribution is 7.98. The second-order valence-electron chi connectivity index (χ2n) is 29.7. The number of nitrogens with one attached hydrogen (secondary N) is 18. The van der Waals surface area contributed by atoms with Gasteiger partial charge in [-0.15, -0.1) is 0 Å². The number of rotatable bonds is 57. The van der Waals surface area contributed by atoms with E-state index >= 15 is 9.59 Å². The molecule has 49 nitrogen and oxygen atoms in total. The Bertz CT molecular complexity index is 4820. The Morgan fingerprint density at radius 3 is 1.23 bits per heavy atom. The van der Waals surface area contributed by atoms with Crippen LogP contribution in [-0.4, -0.2) is 305 Å². The number of carbonyl (C=O) groups excluding carboxylic acids is 16. The molecule has 2 heterocycles. The van der Waals surface area contributed by atoms with Crippen LogP contribution in [-0.2, 0) is 110 Å². The van der Waals surface area contributed by atoms with E-state index < -0.39 is 293 Å². The predicted octanol–water partition coefficient (Wildman–Crippen LogP) is -9.52. The summed E-state index contributed by atoms with van der Waals surface area (Å²) < 4.78 is 0. The van der Waals surface area contributed by atoms with Crippen molar-refractivity contribution in [2.24, 2.45) is 22.9 Å². The lowest BCUT2D eigenvalue weighted by Gasteiger charge is -2.28. The second-order valence-corrected chi connectivity index (χ2v) is 30.7. The normalized spacial score (nSPS) is 14.6. The Kier molecular flexibility index (Phi) is 43.1. The van der Waals surface area contributed by atoms with E-state index in [1.807, 2.05) is 10.6 Å². The van der Waals surface area contributed by atoms with Crippen LogP contribution in [0, 0.1) is 5.41 Å². The van der Waals surface area contributed by atoms with Gasteiger partial charge in [-0.05, 0) is 105 Å². The molecule has 15 atom stereocenters. The number of guanidine groups is 1. The van der Waals surface area contributed by atoms with Crippen molar-refractivity contribution in [3.63, 3.8) is 0 Å². The lowest BCUT2D eigenvalue weighted by molar-refractivity contribution is -0.145. The maximum absolute atomic E-state index is 15.2. The summed E-state index contributed by atoms with van der Waals surface area (Å²) in [4.78, 5) is 264. The average molecular weight is 1830 g/mol. The van der Waals surface area contributed by atoms with Gasteiger partial charge >= 0.3 is 17.9 Å². The summed E-state index contributed by atoms with van der Waals surface area (Å²) in [6.07, 6.45) is -5.56. The van der Waals surface area contributed by atoms with E-state index in [4.69, 9.17) is 28.3 Å². The molecular weight excluding hydrogens is 1720 g/mol. The van der Waals surface area contributed by atoms with Crippen LogP contribution < -0.4 is 103 Å². The van der Waals surface area contributed by atoms with Gasteiger partial charge in [0.2, 0.25) is 94.5 Å². The number of primary amides is 2. The van der Waals surface area contributed by atoms with E-state index in [1.165, 1.54) is 48.4 Å². The molecule has 0 unspecified atom stereocenters. The molecule has 0 spiro atoms. The number of aliphatic hydroxyl groups is 4. The highest BCUT2D eigenvalue weighted by Gasteiger charge is 2.40. The number of aliphatic hydroxyl groups excluding tert-OH is 4. The van der Waals surface area contributed by atoms with Gasteiger partial charge in [-0.25, -0.2) is 4.79 Å². The lowest BCUT2D eigenvalue weighted by Crippen LogP contribution is -2.62. The average Bonchev–Trinajstić information content (AvgIpc) is 1.13. The first-order valence-corrected chi connectivity index (χ1v) is 41.6. The number of carboxylic acid groups (broad SMARTS) is 3. The van der Waals surface area contributed by atoms with Gasteiger partial charge in [-0.1, -0.05) is 48.5 Å². The van der Waals surface area contributed by atoms with Crippen LogP contribution in [0.1, 0.15) is 94.7 Å². The SMILES string of the molecule is CSCC[C@H](NC(=O)[C@H](Cc1c[nH]c2ccccc12)NC(=O)[C@H](Cc1ccc(O)cc1)NC(=O)[C@H](CCCNC(=N)N)NC(=O)[C@H](CC(=O)O)NC(=O)CNC(=O)[C@H](CO)NC(=O)[C@H](CCC(N)=O)NC(=O)[C@H](Cc1c[nH]c2ccccc12)NC(=O)[C@H](CCC(N)=O)NC(=O)CN)C(=O)N[C@@H](CCC(=O)O)C(=O)N[C@H](C(=O)N[C@@H](CO)C(=O)N[C@H](C(=O)O)[C@@H](C)O)[C@@H](C)O. The van der Waals surface area contributed by atoms with Gasteiger partial charge < -0.3 is 154 Å². The number of fused-ring (bicyclic) bond motifs is 2. The fourth-order valence-corrected chi connectivity index (χ4v) is 13.3. The Morgan fingerprint density at radius 2 is 0.798 bits per heavy atom. The number of hydrogen-bond donors (Lipinski definition) is 30. The van der Waals surface area contributed by atoms with Gasteiger partial charge in [-0.2, -0.15) is 11.8 Å². The minimum absolute atomic E-state index is 0.0894. The molecule has 0 saturated heterocycles. The molecule has 5 rings (SSSR count). The smallest absolute Gasteiger partial charge is 0.328 e. The molecule has 50 heteroatoms. The van der Waals surface area contributed by atoms with Crippen molar-refractivity contribution < 1.29 is 132 Å². The van der Waals surface area contributed by atoms with Crippen LogP contribution >= 0.6 is 11.8 Å². The van der Waals surface area contributed by atoms with Crippen LogP contribution in [0.25, 0.3) is 21.8 Å². The van der Waals surface area contributed by atoms with Crippen molar-refractivity contribution in [1.82, 2.24) is 89.7 Å². The zero-order chi connectivity index (χ0) is 95.9. The molecule has 34 N–H and O–H groups in total. The fourth-order valence-electron chi connectivity index (χ4n) is 12.8. The number of nitrogens with two attached hydrogens (primary N) is 4. The minimum Gasteiger partial charge on any atom is -0.508 e. The van der Waals surface area contributed by atoms with Crippen molar-refractivity contribution in [2.75, 3.05) is 44.9 Å². The van der Waals surface area contributed by atoms with Gasteiger partial charge in [0.25, 0.3) is 0 Å². The number of phenols is 1. The number of phenolic OH excluding ortho intramolecular Hbond substituents is 1. The molecule has 0 saturated carbocycles. The second kappa shape index (κ2) is 52.7. The molecule has 0 fully saturated rings. The Hall–Kier alpha value is -14.1. The number of carboxylic acids is 3. The first-order valence-electron chi connectivity index (χ1n) is 40.2. The molecule has 0 bridgehead atoms. The number of aromatic hydroxyl groups is 1. The highest BCUT2D eigenvalue weighted by Crippen LogP contribution is 2.23. The van der Waals surface area contributed by atoms with Crippen molar-refractivity contribution in [1.29, 1.82) is 5.41 Å². The number of para-hydroxylation sites is 2. The molecule has 3 aromatic carbocycles. The topological polar surface area (TPSA) is 826 Å². The zero-order valence-electron chi connectivity index (χ0n) is 70.2. The Morgan fingerprint density at radius 1 is 0.419 bits per heavy atom. The molecule has 129 heavy (non-hydrogen) atoms. The molecule has 5 aromatic rings. The van der Waals surface area contributed by atoms with Gasteiger partial charge in [-0.3, -0.25) is 91.7 Å². The van der Waals surface area contributed by atoms with Crippen molar-refractivity contribution in [3.05, 3.63) is 102 Å². The first kappa shape index (κ1) is 105. The predicted molar refractivity (Wildman–Crippen MR) is 456 cm³/mol. The summed E-state index contributed by atoms with van der Waals surface area (Å²) in [5.41, 5.74) is 24.0. The summed E-state index contributed by atoms with van der Waals surface area (Å²) in [6, 6.07) is -5.23. The number of thioether (sulfide) groups is 1. The largest absolute Gasteiger partial charge is 0.508 e. The van der Waals surface area contributed by atoms with E-state index in [9.17, 15) is 122 Å². The number of H-pyrrole nitrogens is 2. The number of aliphatic carboxylic acids is 3. The van der Waals surface area contributed by atoms with Crippen LogP contribution in [0.4, 0.5) is 0 Å². The van der Waals surface area contributed by atoms with Gasteiger partial charge in [0.1, 0.15) is 78.3 Å². The number of amides is 16. The van der Waals surface area contributed by atoms with E-state index in [2.05, 4.69) is 79.1 Å². The number of benzene rings is 3. The number of carbonyl (C=O) groups is 19. The van der Waals surface area contributed by atoms with Gasteiger partial charge in [0.05, 0.1) is 44.9 Å². The summed E-state index contributed by atoms with van der Waals surface area (Å²) in [6.45, 7) is -2.28. The number of hydrogen-bond acceptors (Lipinski definition) is 27. The molecule has 2 aromatic heterocycles. The van der Waals surface area contributed by atoms with Crippen molar-refractivity contribution in [2.45, 2.75) is 188 Å². The molecular formula is C79H110N22O27S. The van der Waals surface area contributed by atoms with E-state index in [0.717, 1.165) is 13.8 Å². The molecule has 0 radical (unpaired) electrons. The van der Waals surface area contributed by atoms with Crippen LogP contribution in [0.2, 0.25) is 0 Å². The molecule has 704 valence electrons. The van der Waals surface area contributed by atoms with Gasteiger partial charge in [0.15, 0.2) is 12.0 Å². The summed E-state index contributed by atoms with van der Waals surface area (Å²) in [7, 11) is 0. The highest BCUT2D eigenvalue weighted by atomic mass is 32.2. The third-order valence-electron chi connectivity index (χ3n) is 19.6. The van der Waals surface area contributed by atoms with Crippen molar-refractivity contribution in [3.8, 4) is 5.75 Å². The van der Waals surface area contributed by atoms with Crippen LogP contribution in [0.5, 0.6) is 5.75 Å². The van der Waals surface area contributed by atoms with Crippen LogP contribution in [0.15, 0.2) is 85.2 Å². The quantitative estimate of drug-likeness (QED) is 0.00976. The molecule has 0 aliphatic rings. The summed E-state index contributed by atoms with van der Waals surface area (Å²) in [5, 5.41) is 124. The van der Waals surface area contributed by atoms with Gasteiger partial charge in [0, 0.05) is 79.3 Å². The lowest BCUT2D eigenvalue weighted by atomic mass is 10.0. The van der Waals surface area contributed by atoms with E-state index in [-0.39, 0.29) is 49.3 Å². The maximum atomic E-state index is 15.2.